The van der Waals surface area contributed by atoms with E-state index in [4.69, 9.17) is 0 Å². The molecule has 4 nitrogen and oxygen atoms in total. The van der Waals surface area contributed by atoms with Crippen LogP contribution in [0.2, 0.25) is 0 Å². The average Bonchev–Trinajstić information content (AvgIpc) is 2.99. The molecule has 0 fully saturated rings. The normalized spacial score (nSPS) is 11.0. The van der Waals surface area contributed by atoms with Gasteiger partial charge in [0.25, 0.3) is 0 Å². The minimum absolute atomic E-state index is 0.814. The molecule has 0 aliphatic heterocycles. The number of rotatable bonds is 4. The Labute approximate surface area is 140 Å². The highest BCUT2D eigenvalue weighted by Crippen LogP contribution is 2.25. The molecular weight excluding hydrogens is 304 g/mol. The first-order valence-corrected chi connectivity index (χ1v) is 8.58. The summed E-state index contributed by atoms with van der Waals surface area (Å²) in [5, 5.41) is 13.0. The number of benzene rings is 2. The van der Waals surface area contributed by atoms with E-state index in [-0.39, 0.29) is 0 Å². The molecule has 0 atom stereocenters. The largest absolute Gasteiger partial charge is 0.214 e. The average molecular weight is 324 g/mol. The molecule has 0 radical (unpaired) electrons. The van der Waals surface area contributed by atoms with Gasteiger partial charge in [-0.25, -0.2) is 0 Å². The lowest BCUT2D eigenvalue weighted by atomic mass is 10.1. The quantitative estimate of drug-likeness (QED) is 0.675. The summed E-state index contributed by atoms with van der Waals surface area (Å²) in [4.78, 5) is 0. The van der Waals surface area contributed by atoms with Crippen molar-refractivity contribution in [2.24, 2.45) is 0 Å². The number of nitrogens with zero attached hydrogens (tertiary/aromatic N) is 4. The monoisotopic (exact) mass is 324 g/mol. The van der Waals surface area contributed by atoms with Gasteiger partial charge in [0.2, 0.25) is 5.16 Å². The first-order chi connectivity index (χ1) is 11.0. The fourth-order valence-electron chi connectivity index (χ4n) is 2.39. The van der Waals surface area contributed by atoms with Gasteiger partial charge >= 0.3 is 0 Å². The van der Waals surface area contributed by atoms with Crippen LogP contribution in [0.1, 0.15) is 27.8 Å². The van der Waals surface area contributed by atoms with Gasteiger partial charge in [0.05, 0.1) is 5.69 Å². The van der Waals surface area contributed by atoms with Gasteiger partial charge in [-0.05, 0) is 72.5 Å². The van der Waals surface area contributed by atoms with Crippen LogP contribution in [0.5, 0.6) is 0 Å². The van der Waals surface area contributed by atoms with E-state index in [9.17, 15) is 0 Å². The number of hydrogen-bond acceptors (Lipinski definition) is 4. The molecule has 0 unspecified atom stereocenters. The lowest BCUT2D eigenvalue weighted by Gasteiger charge is -2.08. The third-order valence-corrected chi connectivity index (χ3v) is 5.01. The minimum Gasteiger partial charge on any atom is -0.187 e. The maximum absolute atomic E-state index is 4.18. The molecule has 0 aliphatic rings. The van der Waals surface area contributed by atoms with Gasteiger partial charge < -0.3 is 0 Å². The lowest BCUT2D eigenvalue weighted by molar-refractivity contribution is 0.755. The van der Waals surface area contributed by atoms with Crippen molar-refractivity contribution < 1.29 is 0 Å². The molecule has 3 rings (SSSR count). The molecular formula is C18H20N4S. The van der Waals surface area contributed by atoms with Crippen LogP contribution in [0.4, 0.5) is 0 Å². The summed E-state index contributed by atoms with van der Waals surface area (Å²) in [6.07, 6.45) is 0. The molecule has 0 saturated heterocycles. The van der Waals surface area contributed by atoms with Crippen LogP contribution in [-0.2, 0) is 5.75 Å². The van der Waals surface area contributed by atoms with E-state index in [0.717, 1.165) is 16.6 Å². The van der Waals surface area contributed by atoms with Gasteiger partial charge in [0, 0.05) is 5.75 Å². The summed E-state index contributed by atoms with van der Waals surface area (Å²) in [5.74, 6) is 0.860. The molecule has 118 valence electrons. The lowest BCUT2D eigenvalue weighted by Crippen LogP contribution is -2.00. The highest BCUT2D eigenvalue weighted by Gasteiger charge is 2.11. The Hall–Kier alpha value is -2.14. The van der Waals surface area contributed by atoms with Crippen molar-refractivity contribution in [2.75, 3.05) is 0 Å². The van der Waals surface area contributed by atoms with Crippen molar-refractivity contribution >= 4 is 11.8 Å². The molecule has 0 N–H and O–H groups in total. The maximum atomic E-state index is 4.18. The number of hydrogen-bond donors (Lipinski definition) is 0. The summed E-state index contributed by atoms with van der Waals surface area (Å²) in [5.41, 5.74) is 7.41. The fraction of sp³-hybridized carbons (Fsp3) is 0.278. The topological polar surface area (TPSA) is 43.6 Å². The van der Waals surface area contributed by atoms with E-state index >= 15 is 0 Å². The molecule has 0 aliphatic carbocycles. The summed E-state index contributed by atoms with van der Waals surface area (Å²) in [6.45, 7) is 8.47. The maximum Gasteiger partial charge on any atom is 0.214 e. The van der Waals surface area contributed by atoms with Crippen LogP contribution in [0.3, 0.4) is 0 Å². The molecule has 0 bridgehead atoms. The van der Waals surface area contributed by atoms with Crippen LogP contribution in [0.15, 0.2) is 41.6 Å². The van der Waals surface area contributed by atoms with E-state index < -0.39 is 0 Å². The van der Waals surface area contributed by atoms with Crippen molar-refractivity contribution in [2.45, 2.75) is 38.6 Å². The van der Waals surface area contributed by atoms with E-state index in [1.807, 2.05) is 4.68 Å². The Morgan fingerprint density at radius 2 is 1.70 bits per heavy atom. The first kappa shape index (κ1) is 15.7. The second kappa shape index (κ2) is 6.54. The molecule has 23 heavy (non-hydrogen) atoms. The van der Waals surface area contributed by atoms with Gasteiger partial charge in [-0.1, -0.05) is 41.6 Å². The van der Waals surface area contributed by atoms with Crippen molar-refractivity contribution in [1.82, 2.24) is 20.2 Å². The first-order valence-electron chi connectivity index (χ1n) is 7.59. The summed E-state index contributed by atoms with van der Waals surface area (Å²) < 4.78 is 1.81. The van der Waals surface area contributed by atoms with Gasteiger partial charge in [0.1, 0.15) is 0 Å². The number of aromatic nitrogens is 4. The van der Waals surface area contributed by atoms with Crippen LogP contribution in [0.25, 0.3) is 5.69 Å². The van der Waals surface area contributed by atoms with Crippen LogP contribution < -0.4 is 0 Å². The van der Waals surface area contributed by atoms with Gasteiger partial charge in [-0.15, -0.1) is 5.10 Å². The molecule has 5 heteroatoms. The molecule has 0 spiro atoms. The standard InChI is InChI=1S/C18H20N4S/c1-12-5-6-14(3)16(9-12)11-23-18-19-20-21-22(18)17-8-7-13(2)15(4)10-17/h5-10H,11H2,1-4H3. The zero-order valence-electron chi connectivity index (χ0n) is 13.9. The third-order valence-electron chi connectivity index (χ3n) is 4.04. The zero-order chi connectivity index (χ0) is 16.4. The summed E-state index contributed by atoms with van der Waals surface area (Å²) >= 11 is 1.66. The molecule has 0 saturated carbocycles. The Balaban J connectivity index is 1.84. The van der Waals surface area contributed by atoms with Crippen molar-refractivity contribution in [3.63, 3.8) is 0 Å². The van der Waals surface area contributed by atoms with E-state index in [0.29, 0.717) is 0 Å². The minimum atomic E-state index is 0.814. The van der Waals surface area contributed by atoms with E-state index in [2.05, 4.69) is 79.6 Å². The molecule has 2 aromatic carbocycles. The summed E-state index contributed by atoms with van der Waals surface area (Å²) in [6, 6.07) is 12.8. The third kappa shape index (κ3) is 3.45. The second-order valence-corrected chi connectivity index (χ2v) is 6.80. The Bertz CT molecular complexity index is 839. The zero-order valence-corrected chi connectivity index (χ0v) is 14.7. The van der Waals surface area contributed by atoms with Crippen LogP contribution >= 0.6 is 11.8 Å². The number of thioether (sulfide) groups is 1. The Morgan fingerprint density at radius 1 is 0.913 bits per heavy atom. The highest BCUT2D eigenvalue weighted by atomic mass is 32.2. The fourth-order valence-corrected chi connectivity index (χ4v) is 3.34. The highest BCUT2D eigenvalue weighted by molar-refractivity contribution is 7.98. The van der Waals surface area contributed by atoms with Gasteiger partial charge in [-0.3, -0.25) is 0 Å². The van der Waals surface area contributed by atoms with Gasteiger partial charge in [-0.2, -0.15) is 4.68 Å². The molecule has 3 aromatic rings. The Morgan fingerprint density at radius 3 is 2.48 bits per heavy atom. The molecule has 1 heterocycles. The number of tetrazole rings is 1. The predicted octanol–water partition coefficient (Wildman–Crippen LogP) is 4.19. The van der Waals surface area contributed by atoms with Crippen molar-refractivity contribution in [3.05, 3.63) is 64.2 Å². The smallest absolute Gasteiger partial charge is 0.187 e. The SMILES string of the molecule is Cc1ccc(C)c(CSc2nnnn2-c2ccc(C)c(C)c2)c1. The van der Waals surface area contributed by atoms with Crippen molar-refractivity contribution in [1.29, 1.82) is 0 Å². The second-order valence-electron chi connectivity index (χ2n) is 5.86. The van der Waals surface area contributed by atoms with E-state index in [1.54, 1.807) is 11.8 Å². The summed E-state index contributed by atoms with van der Waals surface area (Å²) in [7, 11) is 0. The van der Waals surface area contributed by atoms with Gasteiger partial charge in [0.15, 0.2) is 0 Å². The number of aryl methyl sites for hydroxylation is 4. The predicted molar refractivity (Wildman–Crippen MR) is 94.1 cm³/mol. The van der Waals surface area contributed by atoms with Crippen LogP contribution in [-0.4, -0.2) is 20.2 Å². The van der Waals surface area contributed by atoms with Crippen LogP contribution in [0, 0.1) is 27.7 Å². The molecule has 1 aromatic heterocycles. The van der Waals surface area contributed by atoms with Crippen molar-refractivity contribution in [3.8, 4) is 5.69 Å². The Kier molecular flexibility index (Phi) is 4.48. The van der Waals surface area contributed by atoms with E-state index in [1.165, 1.54) is 27.8 Å². The molecule has 0 amide bonds.